The first-order valence-corrected chi connectivity index (χ1v) is 5.38. The maximum Gasteiger partial charge on any atom is 0.409 e. The van der Waals surface area contributed by atoms with Crippen LogP contribution in [0.3, 0.4) is 0 Å². The van der Waals surface area contributed by atoms with E-state index in [4.69, 9.17) is 16.7 Å². The van der Waals surface area contributed by atoms with Gasteiger partial charge in [-0.15, -0.1) is 0 Å². The van der Waals surface area contributed by atoms with Gasteiger partial charge in [0.15, 0.2) is 0 Å². The molecule has 92 valence electrons. The quantitative estimate of drug-likeness (QED) is 0.778. The van der Waals surface area contributed by atoms with E-state index in [1.54, 1.807) is 13.8 Å². The Morgan fingerprint density at radius 2 is 1.94 bits per heavy atom. The number of halogens is 1. The van der Waals surface area contributed by atoms with Gasteiger partial charge < -0.3 is 10.4 Å². The van der Waals surface area contributed by atoms with Crippen molar-refractivity contribution < 1.29 is 14.7 Å². The first kappa shape index (κ1) is 13.3. The average molecular weight is 257 g/mol. The van der Waals surface area contributed by atoms with E-state index in [2.05, 4.69) is 10.6 Å². The van der Waals surface area contributed by atoms with Gasteiger partial charge in [-0.1, -0.05) is 25.4 Å². The standard InChI is InChI=1S/C11H13ClN2O3/c1-6(2)10(15)14-9-5-7(13-11(16)17)3-4-8(9)12/h3-6,13H,1-2H3,(H,14,15)(H,16,17). The molecule has 2 amide bonds. The summed E-state index contributed by atoms with van der Waals surface area (Å²) in [6.07, 6.45) is -1.17. The Bertz CT molecular complexity index is 446. The molecule has 1 rings (SSSR count). The molecule has 0 aromatic heterocycles. The van der Waals surface area contributed by atoms with Crippen LogP contribution < -0.4 is 10.6 Å². The molecular formula is C11H13ClN2O3. The Morgan fingerprint density at radius 3 is 2.47 bits per heavy atom. The summed E-state index contributed by atoms with van der Waals surface area (Å²) in [4.78, 5) is 22.0. The van der Waals surface area contributed by atoms with Gasteiger partial charge in [-0.25, -0.2) is 4.79 Å². The molecule has 1 aromatic carbocycles. The number of carbonyl (C=O) groups is 2. The fraction of sp³-hybridized carbons (Fsp3) is 0.273. The molecule has 0 bridgehead atoms. The molecule has 1 aromatic rings. The summed E-state index contributed by atoms with van der Waals surface area (Å²) in [5.74, 6) is -0.360. The second-order valence-corrected chi connectivity index (χ2v) is 4.18. The fourth-order valence-corrected chi connectivity index (χ4v) is 1.26. The fourth-order valence-electron chi connectivity index (χ4n) is 1.10. The number of hydrogen-bond donors (Lipinski definition) is 3. The molecule has 0 fully saturated rings. The van der Waals surface area contributed by atoms with Crippen molar-refractivity contribution in [3.63, 3.8) is 0 Å². The molecule has 0 unspecified atom stereocenters. The van der Waals surface area contributed by atoms with Gasteiger partial charge in [0.05, 0.1) is 10.7 Å². The number of amides is 2. The summed E-state index contributed by atoms with van der Waals surface area (Å²) in [7, 11) is 0. The van der Waals surface area contributed by atoms with Crippen LogP contribution in [0.5, 0.6) is 0 Å². The molecule has 0 aliphatic rings. The Kier molecular flexibility index (Phi) is 4.34. The highest BCUT2D eigenvalue weighted by atomic mass is 35.5. The maximum absolute atomic E-state index is 11.5. The van der Waals surface area contributed by atoms with Crippen molar-refractivity contribution >= 4 is 35.0 Å². The van der Waals surface area contributed by atoms with Gasteiger partial charge in [0.1, 0.15) is 0 Å². The van der Waals surface area contributed by atoms with Crippen LogP contribution >= 0.6 is 11.6 Å². The first-order valence-electron chi connectivity index (χ1n) is 5.00. The van der Waals surface area contributed by atoms with Gasteiger partial charge in [-0.3, -0.25) is 10.1 Å². The minimum Gasteiger partial charge on any atom is -0.465 e. The van der Waals surface area contributed by atoms with E-state index in [9.17, 15) is 9.59 Å². The maximum atomic E-state index is 11.5. The van der Waals surface area contributed by atoms with Crippen molar-refractivity contribution in [1.29, 1.82) is 0 Å². The molecule has 0 saturated heterocycles. The molecule has 0 radical (unpaired) electrons. The predicted octanol–water partition coefficient (Wildman–Crippen LogP) is 3.02. The van der Waals surface area contributed by atoms with E-state index in [0.29, 0.717) is 16.4 Å². The molecule has 5 nitrogen and oxygen atoms in total. The third kappa shape index (κ3) is 3.96. The molecule has 0 aliphatic heterocycles. The summed E-state index contributed by atoms with van der Waals surface area (Å²) in [5, 5.41) is 13.7. The van der Waals surface area contributed by atoms with Gasteiger partial charge in [-0.2, -0.15) is 0 Å². The van der Waals surface area contributed by atoms with Gasteiger partial charge in [0, 0.05) is 11.6 Å². The predicted molar refractivity (Wildman–Crippen MR) is 66.6 cm³/mol. The van der Waals surface area contributed by atoms with Crippen LogP contribution in [0.15, 0.2) is 18.2 Å². The van der Waals surface area contributed by atoms with Gasteiger partial charge >= 0.3 is 6.09 Å². The summed E-state index contributed by atoms with van der Waals surface area (Å²) < 4.78 is 0. The van der Waals surface area contributed by atoms with Gasteiger partial charge in [0.2, 0.25) is 5.91 Å². The molecule has 0 aliphatic carbocycles. The second-order valence-electron chi connectivity index (χ2n) is 3.77. The summed E-state index contributed by atoms with van der Waals surface area (Å²) in [5.41, 5.74) is 0.734. The zero-order valence-electron chi connectivity index (χ0n) is 9.45. The lowest BCUT2D eigenvalue weighted by molar-refractivity contribution is -0.118. The highest BCUT2D eigenvalue weighted by molar-refractivity contribution is 6.33. The van der Waals surface area contributed by atoms with E-state index in [-0.39, 0.29) is 11.8 Å². The first-order chi connectivity index (χ1) is 7.90. The van der Waals surface area contributed by atoms with Crippen molar-refractivity contribution in [3.8, 4) is 0 Å². The molecule has 17 heavy (non-hydrogen) atoms. The van der Waals surface area contributed by atoms with Crippen LogP contribution in [-0.4, -0.2) is 17.1 Å². The van der Waals surface area contributed by atoms with E-state index >= 15 is 0 Å². The van der Waals surface area contributed by atoms with Crippen molar-refractivity contribution in [1.82, 2.24) is 0 Å². The van der Waals surface area contributed by atoms with E-state index in [0.717, 1.165) is 0 Å². The highest BCUT2D eigenvalue weighted by Crippen LogP contribution is 2.25. The normalized spacial score (nSPS) is 10.1. The zero-order chi connectivity index (χ0) is 13.0. The number of benzene rings is 1. The minimum atomic E-state index is -1.17. The number of nitrogens with one attached hydrogen (secondary N) is 2. The minimum absolute atomic E-state index is 0.179. The summed E-state index contributed by atoms with van der Waals surface area (Å²) >= 11 is 5.89. The van der Waals surface area contributed by atoms with Crippen molar-refractivity contribution in [3.05, 3.63) is 23.2 Å². The third-order valence-electron chi connectivity index (χ3n) is 2.00. The van der Waals surface area contributed by atoms with Crippen molar-refractivity contribution in [2.45, 2.75) is 13.8 Å². The number of carboxylic acid groups (broad SMARTS) is 1. The molecular weight excluding hydrogens is 244 g/mol. The van der Waals surface area contributed by atoms with E-state index in [1.165, 1.54) is 18.2 Å². The smallest absolute Gasteiger partial charge is 0.409 e. The monoisotopic (exact) mass is 256 g/mol. The highest BCUT2D eigenvalue weighted by Gasteiger charge is 2.10. The molecule has 6 heteroatoms. The molecule has 0 atom stereocenters. The van der Waals surface area contributed by atoms with Crippen LogP contribution in [0, 0.1) is 5.92 Å². The van der Waals surface area contributed by atoms with Gasteiger partial charge in [-0.05, 0) is 18.2 Å². The van der Waals surface area contributed by atoms with Crippen LogP contribution in [0.1, 0.15) is 13.8 Å². The van der Waals surface area contributed by atoms with Crippen molar-refractivity contribution in [2.75, 3.05) is 10.6 Å². The lowest BCUT2D eigenvalue weighted by atomic mass is 10.2. The topological polar surface area (TPSA) is 78.4 Å². The summed E-state index contributed by atoms with van der Waals surface area (Å²) in [6, 6.07) is 4.50. The molecule has 0 saturated carbocycles. The zero-order valence-corrected chi connectivity index (χ0v) is 10.2. The second kappa shape index (κ2) is 5.54. The lowest BCUT2D eigenvalue weighted by Crippen LogP contribution is -2.18. The molecule has 0 heterocycles. The number of hydrogen-bond acceptors (Lipinski definition) is 2. The van der Waals surface area contributed by atoms with Gasteiger partial charge in [0.25, 0.3) is 0 Å². The average Bonchev–Trinajstić information content (AvgIpc) is 2.22. The van der Waals surface area contributed by atoms with Crippen LogP contribution in [-0.2, 0) is 4.79 Å². The van der Waals surface area contributed by atoms with Crippen LogP contribution in [0.25, 0.3) is 0 Å². The molecule has 3 N–H and O–H groups in total. The van der Waals surface area contributed by atoms with Crippen LogP contribution in [0.2, 0.25) is 5.02 Å². The van der Waals surface area contributed by atoms with E-state index in [1.807, 2.05) is 0 Å². The lowest BCUT2D eigenvalue weighted by Gasteiger charge is -2.11. The number of carbonyl (C=O) groups excluding carboxylic acids is 1. The number of rotatable bonds is 3. The molecule has 0 spiro atoms. The Morgan fingerprint density at radius 1 is 1.29 bits per heavy atom. The Balaban J connectivity index is 2.90. The van der Waals surface area contributed by atoms with E-state index < -0.39 is 6.09 Å². The third-order valence-corrected chi connectivity index (χ3v) is 2.33. The Hall–Kier alpha value is -1.75. The van der Waals surface area contributed by atoms with Crippen molar-refractivity contribution in [2.24, 2.45) is 5.92 Å². The SMILES string of the molecule is CC(C)C(=O)Nc1cc(NC(=O)O)ccc1Cl. The van der Waals surface area contributed by atoms with Crippen LogP contribution in [0.4, 0.5) is 16.2 Å². The largest absolute Gasteiger partial charge is 0.465 e. The Labute approximate surface area is 104 Å². The number of anilines is 2. The summed E-state index contributed by atoms with van der Waals surface area (Å²) in [6.45, 7) is 3.51.